The Morgan fingerprint density at radius 2 is 2.05 bits per heavy atom. The highest BCUT2D eigenvalue weighted by Crippen LogP contribution is 2.21. The van der Waals surface area contributed by atoms with E-state index in [4.69, 9.17) is 0 Å². The fourth-order valence-electron chi connectivity index (χ4n) is 2.78. The van der Waals surface area contributed by atoms with Gasteiger partial charge in [0.2, 0.25) is 5.91 Å². The Morgan fingerprint density at radius 3 is 2.81 bits per heavy atom. The van der Waals surface area contributed by atoms with Crippen molar-refractivity contribution in [2.45, 2.75) is 19.4 Å². The van der Waals surface area contributed by atoms with E-state index in [0.29, 0.717) is 12.1 Å². The Labute approximate surface area is 122 Å². The molecule has 5 heteroatoms. The Balaban J connectivity index is 1.88. The number of carbonyl (C=O) groups is 2. The average Bonchev–Trinajstić information content (AvgIpc) is 2.88. The van der Waals surface area contributed by atoms with Crippen LogP contribution >= 0.6 is 0 Å². The predicted molar refractivity (Wildman–Crippen MR) is 80.5 cm³/mol. The van der Waals surface area contributed by atoms with Crippen molar-refractivity contribution < 1.29 is 9.59 Å². The van der Waals surface area contributed by atoms with Crippen LogP contribution in [0.15, 0.2) is 42.2 Å². The van der Waals surface area contributed by atoms with Crippen molar-refractivity contribution in [2.24, 2.45) is 0 Å². The summed E-state index contributed by atoms with van der Waals surface area (Å²) in [5, 5.41) is 3.87. The lowest BCUT2D eigenvalue weighted by atomic mass is 10.0. The maximum absolute atomic E-state index is 12.4. The lowest BCUT2D eigenvalue weighted by molar-refractivity contribution is -0.138. The second-order valence-corrected chi connectivity index (χ2v) is 5.16. The lowest BCUT2D eigenvalue weighted by Crippen LogP contribution is -2.56. The van der Waals surface area contributed by atoms with Gasteiger partial charge in [-0.1, -0.05) is 24.3 Å². The van der Waals surface area contributed by atoms with Crippen LogP contribution in [0.1, 0.15) is 12.5 Å². The topological polar surface area (TPSA) is 65.2 Å². The Hall–Kier alpha value is -2.56. The van der Waals surface area contributed by atoms with Gasteiger partial charge in [0.25, 0.3) is 5.91 Å². The second kappa shape index (κ2) is 5.09. The van der Waals surface area contributed by atoms with Gasteiger partial charge in [-0.25, -0.2) is 0 Å². The van der Waals surface area contributed by atoms with E-state index in [0.717, 1.165) is 16.5 Å². The first kappa shape index (κ1) is 13.4. The molecule has 2 aromatic rings. The van der Waals surface area contributed by atoms with Crippen molar-refractivity contribution in [3.8, 4) is 0 Å². The summed E-state index contributed by atoms with van der Waals surface area (Å²) in [4.78, 5) is 29.0. The first-order valence-corrected chi connectivity index (χ1v) is 6.91. The summed E-state index contributed by atoms with van der Waals surface area (Å²) in [6.45, 7) is 1.75. The molecule has 1 aromatic carbocycles. The number of rotatable bonds is 2. The van der Waals surface area contributed by atoms with Crippen molar-refractivity contribution in [1.29, 1.82) is 0 Å². The maximum atomic E-state index is 12.4. The van der Waals surface area contributed by atoms with E-state index < -0.39 is 6.04 Å². The van der Waals surface area contributed by atoms with E-state index >= 15 is 0 Å². The Kier molecular flexibility index (Phi) is 3.25. The molecular weight excluding hydrogens is 266 g/mol. The summed E-state index contributed by atoms with van der Waals surface area (Å²) in [5.41, 5.74) is 2.46. The minimum atomic E-state index is -0.523. The summed E-state index contributed by atoms with van der Waals surface area (Å²) < 4.78 is 0. The zero-order valence-electron chi connectivity index (χ0n) is 12.0. The van der Waals surface area contributed by atoms with E-state index in [1.165, 1.54) is 4.90 Å². The van der Waals surface area contributed by atoms with Crippen LogP contribution in [0.3, 0.4) is 0 Å². The zero-order chi connectivity index (χ0) is 15.0. The second-order valence-electron chi connectivity index (χ2n) is 5.16. The number of piperazine rings is 1. The molecule has 2 heterocycles. The number of aromatic nitrogens is 1. The van der Waals surface area contributed by atoms with Crippen molar-refractivity contribution in [2.75, 3.05) is 7.05 Å². The highest BCUT2D eigenvalue weighted by atomic mass is 16.2. The van der Waals surface area contributed by atoms with Gasteiger partial charge >= 0.3 is 0 Å². The molecule has 0 radical (unpaired) electrons. The number of nitrogens with one attached hydrogen (secondary N) is 2. The highest BCUT2D eigenvalue weighted by Gasteiger charge is 2.34. The van der Waals surface area contributed by atoms with E-state index in [-0.39, 0.29) is 11.8 Å². The third-order valence-electron chi connectivity index (χ3n) is 3.90. The maximum Gasteiger partial charge on any atom is 0.268 e. The zero-order valence-corrected chi connectivity index (χ0v) is 12.0. The monoisotopic (exact) mass is 283 g/mol. The molecule has 5 nitrogen and oxygen atoms in total. The number of para-hydroxylation sites is 1. The number of aromatic amines is 1. The lowest BCUT2D eigenvalue weighted by Gasteiger charge is -2.31. The predicted octanol–water partition coefficient (Wildman–Crippen LogP) is 1.57. The van der Waals surface area contributed by atoms with Crippen molar-refractivity contribution in [3.05, 3.63) is 47.8 Å². The molecule has 0 saturated carbocycles. The molecular formula is C16H17N3O2. The number of fused-ring (bicyclic) bond motifs is 1. The van der Waals surface area contributed by atoms with Crippen LogP contribution in [-0.2, 0) is 16.0 Å². The molecule has 21 heavy (non-hydrogen) atoms. The molecule has 1 atom stereocenters. The fourth-order valence-corrected chi connectivity index (χ4v) is 2.78. The summed E-state index contributed by atoms with van der Waals surface area (Å²) in [6.07, 6.45) is 4.03. The average molecular weight is 283 g/mol. The van der Waals surface area contributed by atoms with Gasteiger partial charge in [-0.2, -0.15) is 0 Å². The normalized spacial score (nSPS) is 21.1. The van der Waals surface area contributed by atoms with Crippen LogP contribution in [0, 0.1) is 0 Å². The molecule has 0 bridgehead atoms. The van der Waals surface area contributed by atoms with Crippen molar-refractivity contribution >= 4 is 22.7 Å². The third kappa shape index (κ3) is 2.20. The van der Waals surface area contributed by atoms with Crippen LogP contribution in [0.25, 0.3) is 10.9 Å². The number of hydrogen-bond acceptors (Lipinski definition) is 2. The van der Waals surface area contributed by atoms with E-state index in [1.54, 1.807) is 20.0 Å². The van der Waals surface area contributed by atoms with Gasteiger partial charge in [0, 0.05) is 30.6 Å². The fraction of sp³-hybridized carbons (Fsp3) is 0.250. The van der Waals surface area contributed by atoms with E-state index in [2.05, 4.69) is 10.3 Å². The molecule has 1 aliphatic heterocycles. The van der Waals surface area contributed by atoms with Crippen molar-refractivity contribution in [3.63, 3.8) is 0 Å². The minimum Gasteiger partial charge on any atom is -0.361 e. The number of nitrogens with zero attached hydrogens (tertiary/aromatic N) is 1. The first-order chi connectivity index (χ1) is 10.1. The van der Waals surface area contributed by atoms with Crippen LogP contribution in [0.2, 0.25) is 0 Å². The Morgan fingerprint density at radius 1 is 1.29 bits per heavy atom. The molecule has 0 unspecified atom stereocenters. The third-order valence-corrected chi connectivity index (χ3v) is 3.90. The minimum absolute atomic E-state index is 0.0898. The van der Waals surface area contributed by atoms with Gasteiger partial charge in [0.05, 0.1) is 0 Å². The number of amides is 2. The molecule has 2 amide bonds. The molecule has 0 aliphatic carbocycles. The molecule has 0 spiro atoms. The number of likely N-dealkylation sites (N-methyl/N-ethyl adjacent to an activating group) is 1. The highest BCUT2D eigenvalue weighted by molar-refractivity contribution is 6.04. The number of H-pyrrole nitrogens is 1. The van der Waals surface area contributed by atoms with E-state index in [9.17, 15) is 9.59 Å². The molecule has 1 aliphatic rings. The van der Waals surface area contributed by atoms with Crippen molar-refractivity contribution in [1.82, 2.24) is 15.2 Å². The quantitative estimate of drug-likeness (QED) is 0.822. The molecule has 2 N–H and O–H groups in total. The number of hydrogen-bond donors (Lipinski definition) is 2. The molecule has 1 fully saturated rings. The SMILES string of the molecule is C/C=C1/C(=O)N[C@@H](Cc2c[nH]c3ccccc23)C(=O)N1C. The Bertz CT molecular complexity index is 745. The van der Waals surface area contributed by atoms with Gasteiger partial charge < -0.3 is 15.2 Å². The van der Waals surface area contributed by atoms with Gasteiger partial charge in [-0.15, -0.1) is 0 Å². The molecule has 1 saturated heterocycles. The summed E-state index contributed by atoms with van der Waals surface area (Å²) >= 11 is 0. The largest absolute Gasteiger partial charge is 0.361 e. The van der Waals surface area contributed by atoms with Gasteiger partial charge in [-0.05, 0) is 18.6 Å². The molecule has 1 aromatic heterocycles. The number of allylic oxidation sites excluding steroid dienone is 1. The number of carbonyl (C=O) groups excluding carboxylic acids is 2. The van der Waals surface area contributed by atoms with Crippen LogP contribution < -0.4 is 5.32 Å². The standard InChI is InChI=1S/C16H17N3O2/c1-3-14-15(20)18-13(16(21)19(14)2)8-10-9-17-12-7-5-4-6-11(10)12/h3-7,9,13,17H,8H2,1-2H3,(H,18,20)/b14-3-/t13-/m0/s1. The smallest absolute Gasteiger partial charge is 0.268 e. The van der Waals surface area contributed by atoms with E-state index in [1.807, 2.05) is 30.5 Å². The summed E-state index contributed by atoms with van der Waals surface area (Å²) in [5.74, 6) is -0.294. The summed E-state index contributed by atoms with van der Waals surface area (Å²) in [6, 6.07) is 7.40. The molecule has 3 rings (SSSR count). The van der Waals surface area contributed by atoms with Gasteiger partial charge in [-0.3, -0.25) is 9.59 Å². The molecule has 108 valence electrons. The number of benzene rings is 1. The first-order valence-electron chi connectivity index (χ1n) is 6.91. The van der Waals surface area contributed by atoms with Crippen LogP contribution in [0.5, 0.6) is 0 Å². The van der Waals surface area contributed by atoms with Gasteiger partial charge in [0.1, 0.15) is 11.7 Å². The van der Waals surface area contributed by atoms with Crippen LogP contribution in [-0.4, -0.2) is 34.8 Å². The van der Waals surface area contributed by atoms with Gasteiger partial charge in [0.15, 0.2) is 0 Å². The summed E-state index contributed by atoms with van der Waals surface area (Å²) in [7, 11) is 1.64. The van der Waals surface area contributed by atoms with Crippen LogP contribution in [0.4, 0.5) is 0 Å².